The van der Waals surface area contributed by atoms with E-state index in [1.165, 1.54) is 7.11 Å². The number of carbonyl (C=O) groups excluding carboxylic acids is 1. The van der Waals surface area contributed by atoms with Crippen molar-refractivity contribution in [2.75, 3.05) is 7.11 Å². The maximum Gasteiger partial charge on any atom is 0.338 e. The number of benzene rings is 2. The van der Waals surface area contributed by atoms with Crippen LogP contribution < -0.4 is 4.74 Å². The first-order chi connectivity index (χ1) is 14.0. The number of esters is 1. The van der Waals surface area contributed by atoms with Crippen molar-refractivity contribution < 1.29 is 14.3 Å². The monoisotopic (exact) mass is 387 g/mol. The number of fused-ring (bicyclic) bond motifs is 1. The summed E-state index contributed by atoms with van der Waals surface area (Å²) in [5.41, 5.74) is 3.71. The number of hydrogen-bond donors (Lipinski definition) is 0. The number of nitrogens with zero attached hydrogens (tertiary/aromatic N) is 3. The molecule has 0 spiro atoms. The highest BCUT2D eigenvalue weighted by Crippen LogP contribution is 2.25. The van der Waals surface area contributed by atoms with Crippen LogP contribution in [-0.4, -0.2) is 27.8 Å². The minimum Gasteiger partial charge on any atom is -0.465 e. The van der Waals surface area contributed by atoms with Gasteiger partial charge < -0.3 is 9.47 Å². The number of aromatic nitrogens is 3. The van der Waals surface area contributed by atoms with E-state index >= 15 is 0 Å². The third kappa shape index (κ3) is 3.82. The van der Waals surface area contributed by atoms with Crippen LogP contribution in [0.15, 0.2) is 60.7 Å². The molecule has 0 amide bonds. The molecule has 0 aliphatic carbocycles. The Hall–Kier alpha value is -3.67. The lowest BCUT2D eigenvalue weighted by molar-refractivity contribution is 0.0602. The SMILES string of the molecule is COC(=O)c1cc(C)nc2c1c(C)nn2Cc1ccc(Oc2ccccc2)cc1. The smallest absolute Gasteiger partial charge is 0.338 e. The van der Waals surface area contributed by atoms with E-state index in [1.54, 1.807) is 6.07 Å². The summed E-state index contributed by atoms with van der Waals surface area (Å²) in [6, 6.07) is 19.3. The summed E-state index contributed by atoms with van der Waals surface area (Å²) in [7, 11) is 1.38. The largest absolute Gasteiger partial charge is 0.465 e. The minimum absolute atomic E-state index is 0.384. The van der Waals surface area contributed by atoms with Gasteiger partial charge in [0.1, 0.15) is 11.5 Å². The van der Waals surface area contributed by atoms with Crippen molar-refractivity contribution in [3.8, 4) is 11.5 Å². The highest BCUT2D eigenvalue weighted by Gasteiger charge is 2.19. The lowest BCUT2D eigenvalue weighted by atomic mass is 10.1. The minimum atomic E-state index is -0.384. The predicted octanol–water partition coefficient (Wildman–Crippen LogP) is 4.68. The average Bonchev–Trinajstić information content (AvgIpc) is 3.04. The Bertz CT molecular complexity index is 1170. The maximum atomic E-state index is 12.2. The van der Waals surface area contributed by atoms with Crippen molar-refractivity contribution in [1.29, 1.82) is 0 Å². The molecule has 146 valence electrons. The molecule has 0 atom stereocenters. The fourth-order valence-corrected chi connectivity index (χ4v) is 3.32. The highest BCUT2D eigenvalue weighted by atomic mass is 16.5. The second kappa shape index (κ2) is 7.75. The van der Waals surface area contributed by atoms with Gasteiger partial charge in [-0.3, -0.25) is 0 Å². The number of para-hydroxylation sites is 1. The standard InChI is InChI=1S/C23H21N3O3/c1-15-13-20(23(27)28-3)21-16(2)25-26(22(21)24-15)14-17-9-11-19(12-10-17)29-18-7-5-4-6-8-18/h4-13H,14H2,1-3H3. The van der Waals surface area contributed by atoms with Crippen molar-refractivity contribution in [3.05, 3.63) is 83.2 Å². The van der Waals surface area contributed by atoms with Crippen LogP contribution >= 0.6 is 0 Å². The number of aryl methyl sites for hydroxylation is 2. The second-order valence-electron chi connectivity index (χ2n) is 6.80. The highest BCUT2D eigenvalue weighted by molar-refractivity contribution is 6.03. The van der Waals surface area contributed by atoms with Gasteiger partial charge in [-0.05, 0) is 49.7 Å². The molecule has 0 aliphatic rings. The summed E-state index contributed by atoms with van der Waals surface area (Å²) < 4.78 is 12.6. The molecule has 2 aromatic heterocycles. The van der Waals surface area contributed by atoms with Gasteiger partial charge in [0, 0.05) is 5.69 Å². The molecule has 0 N–H and O–H groups in total. The number of ether oxygens (including phenoxy) is 2. The third-order valence-corrected chi connectivity index (χ3v) is 4.65. The van der Waals surface area contributed by atoms with Crippen molar-refractivity contribution in [2.24, 2.45) is 0 Å². The molecule has 4 rings (SSSR count). The molecule has 2 aromatic carbocycles. The van der Waals surface area contributed by atoms with Crippen LogP contribution in [0.25, 0.3) is 11.0 Å². The van der Waals surface area contributed by atoms with E-state index in [9.17, 15) is 4.79 Å². The van der Waals surface area contributed by atoms with E-state index in [4.69, 9.17) is 9.47 Å². The molecule has 0 saturated heterocycles. The van der Waals surface area contributed by atoms with Gasteiger partial charge in [-0.15, -0.1) is 0 Å². The topological polar surface area (TPSA) is 66.2 Å². The zero-order valence-electron chi connectivity index (χ0n) is 16.5. The fourth-order valence-electron chi connectivity index (χ4n) is 3.32. The Morgan fingerprint density at radius 2 is 1.69 bits per heavy atom. The first kappa shape index (κ1) is 18.7. The van der Waals surface area contributed by atoms with Crippen LogP contribution in [-0.2, 0) is 11.3 Å². The van der Waals surface area contributed by atoms with E-state index < -0.39 is 0 Å². The van der Waals surface area contributed by atoms with Gasteiger partial charge >= 0.3 is 5.97 Å². The Labute approximate surface area is 168 Å². The number of pyridine rings is 1. The Balaban J connectivity index is 1.63. The molecule has 6 heteroatoms. The van der Waals surface area contributed by atoms with Crippen molar-refractivity contribution in [1.82, 2.24) is 14.8 Å². The Morgan fingerprint density at radius 3 is 2.38 bits per heavy atom. The summed E-state index contributed by atoms with van der Waals surface area (Å²) in [6.45, 7) is 4.26. The molecular weight excluding hydrogens is 366 g/mol. The molecule has 0 radical (unpaired) electrons. The van der Waals surface area contributed by atoms with E-state index in [-0.39, 0.29) is 5.97 Å². The third-order valence-electron chi connectivity index (χ3n) is 4.65. The lowest BCUT2D eigenvalue weighted by Gasteiger charge is -2.08. The van der Waals surface area contributed by atoms with E-state index in [2.05, 4.69) is 10.1 Å². The fraction of sp³-hybridized carbons (Fsp3) is 0.174. The summed E-state index contributed by atoms with van der Waals surface area (Å²) in [4.78, 5) is 16.8. The van der Waals surface area contributed by atoms with Crippen LogP contribution in [0.3, 0.4) is 0 Å². The maximum absolute atomic E-state index is 12.2. The Kier molecular flexibility index (Phi) is 4.99. The van der Waals surface area contributed by atoms with Crippen molar-refractivity contribution >= 4 is 17.0 Å². The quantitative estimate of drug-likeness (QED) is 0.465. The number of rotatable bonds is 5. The lowest BCUT2D eigenvalue weighted by Crippen LogP contribution is -2.06. The van der Waals surface area contributed by atoms with E-state index in [1.807, 2.05) is 73.1 Å². The molecule has 0 fully saturated rings. The molecule has 29 heavy (non-hydrogen) atoms. The average molecular weight is 387 g/mol. The van der Waals surface area contributed by atoms with Crippen LogP contribution in [0.4, 0.5) is 0 Å². The molecule has 0 bridgehead atoms. The van der Waals surface area contributed by atoms with Gasteiger partial charge in [-0.25, -0.2) is 14.5 Å². The van der Waals surface area contributed by atoms with Crippen LogP contribution in [0.2, 0.25) is 0 Å². The number of hydrogen-bond acceptors (Lipinski definition) is 5. The van der Waals surface area contributed by atoms with Crippen LogP contribution in [0.1, 0.15) is 27.3 Å². The number of methoxy groups -OCH3 is 1. The molecule has 0 aliphatic heterocycles. The van der Waals surface area contributed by atoms with Crippen LogP contribution in [0.5, 0.6) is 11.5 Å². The van der Waals surface area contributed by atoms with Gasteiger partial charge in [-0.1, -0.05) is 30.3 Å². The normalized spacial score (nSPS) is 10.9. The van der Waals surface area contributed by atoms with Crippen LogP contribution in [0, 0.1) is 13.8 Å². The van der Waals surface area contributed by atoms with E-state index in [0.717, 1.165) is 33.8 Å². The molecule has 0 saturated carbocycles. The van der Waals surface area contributed by atoms with Gasteiger partial charge in [0.15, 0.2) is 5.65 Å². The first-order valence-electron chi connectivity index (χ1n) is 9.30. The molecule has 6 nitrogen and oxygen atoms in total. The zero-order chi connectivity index (χ0) is 20.4. The molecule has 2 heterocycles. The van der Waals surface area contributed by atoms with Gasteiger partial charge in [-0.2, -0.15) is 5.10 Å². The summed E-state index contributed by atoms with van der Waals surface area (Å²) >= 11 is 0. The number of carbonyl (C=O) groups is 1. The first-order valence-corrected chi connectivity index (χ1v) is 9.30. The molecule has 0 unspecified atom stereocenters. The van der Waals surface area contributed by atoms with Crippen molar-refractivity contribution in [2.45, 2.75) is 20.4 Å². The zero-order valence-corrected chi connectivity index (χ0v) is 16.5. The molecular formula is C23H21N3O3. The Morgan fingerprint density at radius 1 is 1.00 bits per heavy atom. The van der Waals surface area contributed by atoms with Gasteiger partial charge in [0.05, 0.1) is 30.3 Å². The summed E-state index contributed by atoms with van der Waals surface area (Å²) in [6.07, 6.45) is 0. The summed E-state index contributed by atoms with van der Waals surface area (Å²) in [5.74, 6) is 1.18. The van der Waals surface area contributed by atoms with Gasteiger partial charge in [0.2, 0.25) is 0 Å². The predicted molar refractivity (Wildman–Crippen MR) is 110 cm³/mol. The van der Waals surface area contributed by atoms with E-state index in [0.29, 0.717) is 17.8 Å². The molecule has 4 aromatic rings. The summed E-state index contributed by atoms with van der Waals surface area (Å²) in [5, 5.41) is 5.34. The van der Waals surface area contributed by atoms with Gasteiger partial charge in [0.25, 0.3) is 0 Å². The van der Waals surface area contributed by atoms with Crippen molar-refractivity contribution in [3.63, 3.8) is 0 Å². The second-order valence-corrected chi connectivity index (χ2v) is 6.80.